The Hall–Kier alpha value is -1.85. The molecule has 0 bridgehead atoms. The maximum atomic E-state index is 12.3. The van der Waals surface area contributed by atoms with Gasteiger partial charge in [-0.15, -0.1) is 0 Å². The number of hydrogen-bond donors (Lipinski definition) is 1. The average Bonchev–Trinajstić information content (AvgIpc) is 2.37. The predicted molar refractivity (Wildman–Crippen MR) is 66.5 cm³/mol. The van der Waals surface area contributed by atoms with Crippen LogP contribution in [0.4, 0.5) is 13.2 Å². The van der Waals surface area contributed by atoms with Crippen LogP contribution in [-0.4, -0.2) is 16.9 Å². The number of rotatable bonds is 7. The number of alkyl halides is 3. The molecule has 110 valence electrons. The first-order chi connectivity index (χ1) is 9.30. The van der Waals surface area contributed by atoms with Crippen molar-refractivity contribution in [3.63, 3.8) is 0 Å². The van der Waals surface area contributed by atoms with E-state index in [-0.39, 0.29) is 24.2 Å². The van der Waals surface area contributed by atoms with Crippen LogP contribution in [0.2, 0.25) is 0 Å². The van der Waals surface area contributed by atoms with Gasteiger partial charge < -0.3 is 5.11 Å². The van der Waals surface area contributed by atoms with Gasteiger partial charge in [0.2, 0.25) is 0 Å². The Balaban J connectivity index is 2.42. The smallest absolute Gasteiger partial charge is 0.416 e. The second-order valence-electron chi connectivity index (χ2n) is 4.45. The van der Waals surface area contributed by atoms with Crippen molar-refractivity contribution in [2.45, 2.75) is 38.3 Å². The molecule has 0 spiro atoms. The maximum Gasteiger partial charge on any atom is 0.416 e. The van der Waals surface area contributed by atoms with Gasteiger partial charge in [-0.05, 0) is 25.0 Å². The highest BCUT2D eigenvalue weighted by molar-refractivity contribution is 5.96. The minimum Gasteiger partial charge on any atom is -0.481 e. The van der Waals surface area contributed by atoms with E-state index in [0.29, 0.717) is 19.3 Å². The number of halogens is 3. The standard InChI is InChI=1S/C14H15F3O3/c15-14(16,17)11-8-6-10(7-9-11)12(18)4-2-1-3-5-13(19)20/h6-9H,1-5H2,(H,19,20). The second kappa shape index (κ2) is 7.07. The predicted octanol–water partition coefficient (Wildman–Crippen LogP) is 3.92. The topological polar surface area (TPSA) is 54.4 Å². The Morgan fingerprint density at radius 3 is 2.00 bits per heavy atom. The summed E-state index contributed by atoms with van der Waals surface area (Å²) in [4.78, 5) is 22.0. The number of Topliss-reactive ketones (excluding diaryl/α,β-unsaturated/α-hetero) is 1. The van der Waals surface area contributed by atoms with E-state index in [9.17, 15) is 22.8 Å². The molecule has 0 saturated carbocycles. The maximum absolute atomic E-state index is 12.3. The Labute approximate surface area is 114 Å². The lowest BCUT2D eigenvalue weighted by molar-refractivity contribution is -0.138. The molecule has 0 aliphatic rings. The molecule has 3 nitrogen and oxygen atoms in total. The molecular formula is C14H15F3O3. The van der Waals surface area contributed by atoms with Crippen LogP contribution in [0.5, 0.6) is 0 Å². The zero-order valence-electron chi connectivity index (χ0n) is 10.7. The van der Waals surface area contributed by atoms with Gasteiger partial charge in [0, 0.05) is 18.4 Å². The summed E-state index contributed by atoms with van der Waals surface area (Å²) < 4.78 is 37.0. The van der Waals surface area contributed by atoms with Gasteiger partial charge in [0.15, 0.2) is 5.78 Å². The van der Waals surface area contributed by atoms with E-state index in [4.69, 9.17) is 5.11 Å². The molecule has 0 saturated heterocycles. The molecule has 1 aromatic rings. The Morgan fingerprint density at radius 2 is 1.50 bits per heavy atom. The van der Waals surface area contributed by atoms with Gasteiger partial charge in [0.1, 0.15) is 0 Å². The van der Waals surface area contributed by atoms with Crippen LogP contribution >= 0.6 is 0 Å². The van der Waals surface area contributed by atoms with Crippen molar-refractivity contribution in [3.8, 4) is 0 Å². The molecule has 0 radical (unpaired) electrons. The van der Waals surface area contributed by atoms with Crippen molar-refractivity contribution < 1.29 is 27.9 Å². The van der Waals surface area contributed by atoms with Crippen molar-refractivity contribution in [1.82, 2.24) is 0 Å². The lowest BCUT2D eigenvalue weighted by Gasteiger charge is -2.07. The monoisotopic (exact) mass is 288 g/mol. The third-order valence-corrected chi connectivity index (χ3v) is 2.83. The van der Waals surface area contributed by atoms with Gasteiger partial charge in [0.05, 0.1) is 5.56 Å². The summed E-state index contributed by atoms with van der Waals surface area (Å²) in [5.74, 6) is -1.10. The first kappa shape index (κ1) is 16.2. The van der Waals surface area contributed by atoms with Crippen molar-refractivity contribution in [3.05, 3.63) is 35.4 Å². The quantitative estimate of drug-likeness (QED) is 0.611. The van der Waals surface area contributed by atoms with Crippen LogP contribution in [0.15, 0.2) is 24.3 Å². The molecule has 0 atom stereocenters. The molecule has 1 aromatic carbocycles. The summed E-state index contributed by atoms with van der Waals surface area (Å²) in [5, 5.41) is 8.43. The summed E-state index contributed by atoms with van der Waals surface area (Å²) >= 11 is 0. The Kier molecular flexibility index (Phi) is 5.73. The fraction of sp³-hybridized carbons (Fsp3) is 0.429. The zero-order chi connectivity index (χ0) is 15.2. The van der Waals surface area contributed by atoms with Crippen molar-refractivity contribution in [2.75, 3.05) is 0 Å². The summed E-state index contributed by atoms with van der Waals surface area (Å²) in [7, 11) is 0. The normalized spacial score (nSPS) is 11.3. The van der Waals surface area contributed by atoms with Crippen molar-refractivity contribution >= 4 is 11.8 Å². The van der Waals surface area contributed by atoms with Gasteiger partial charge in [-0.25, -0.2) is 0 Å². The summed E-state index contributed by atoms with van der Waals surface area (Å²) in [6.07, 6.45) is -2.49. The van der Waals surface area contributed by atoms with Crippen LogP contribution in [0.3, 0.4) is 0 Å². The number of carboxylic acid groups (broad SMARTS) is 1. The molecule has 0 fully saturated rings. The highest BCUT2D eigenvalue weighted by atomic mass is 19.4. The third-order valence-electron chi connectivity index (χ3n) is 2.83. The minimum atomic E-state index is -4.40. The van der Waals surface area contributed by atoms with Gasteiger partial charge in [-0.3, -0.25) is 9.59 Å². The lowest BCUT2D eigenvalue weighted by Crippen LogP contribution is -2.06. The molecule has 0 amide bonds. The van der Waals surface area contributed by atoms with Gasteiger partial charge in [-0.2, -0.15) is 13.2 Å². The third kappa shape index (κ3) is 5.42. The molecular weight excluding hydrogens is 273 g/mol. The van der Waals surface area contributed by atoms with E-state index in [1.165, 1.54) is 12.1 Å². The number of unbranched alkanes of at least 4 members (excludes halogenated alkanes) is 2. The molecule has 0 aliphatic heterocycles. The SMILES string of the molecule is O=C(O)CCCCCC(=O)c1ccc(C(F)(F)F)cc1. The van der Waals surface area contributed by atoms with Gasteiger partial charge in [-0.1, -0.05) is 18.6 Å². The van der Waals surface area contributed by atoms with Crippen LogP contribution in [0.1, 0.15) is 48.0 Å². The van der Waals surface area contributed by atoms with Crippen LogP contribution < -0.4 is 0 Å². The molecule has 0 heterocycles. The molecule has 0 unspecified atom stereocenters. The molecule has 1 rings (SSSR count). The number of carbonyl (C=O) groups is 2. The highest BCUT2D eigenvalue weighted by Crippen LogP contribution is 2.29. The summed E-state index contributed by atoms with van der Waals surface area (Å²) in [5.41, 5.74) is -0.535. The van der Waals surface area contributed by atoms with Crippen molar-refractivity contribution in [2.24, 2.45) is 0 Å². The summed E-state index contributed by atoms with van der Waals surface area (Å²) in [6.45, 7) is 0. The first-order valence-corrected chi connectivity index (χ1v) is 6.23. The van der Waals surface area contributed by atoms with Gasteiger partial charge in [0.25, 0.3) is 0 Å². The van der Waals surface area contributed by atoms with Gasteiger partial charge >= 0.3 is 12.1 Å². The molecule has 20 heavy (non-hydrogen) atoms. The largest absolute Gasteiger partial charge is 0.481 e. The minimum absolute atomic E-state index is 0.0640. The van der Waals surface area contributed by atoms with E-state index in [0.717, 1.165) is 12.1 Å². The van der Waals surface area contributed by atoms with E-state index in [2.05, 4.69) is 0 Å². The highest BCUT2D eigenvalue weighted by Gasteiger charge is 2.30. The molecule has 1 N–H and O–H groups in total. The number of benzene rings is 1. The second-order valence-corrected chi connectivity index (χ2v) is 4.45. The van der Waals surface area contributed by atoms with Crippen LogP contribution in [-0.2, 0) is 11.0 Å². The average molecular weight is 288 g/mol. The summed E-state index contributed by atoms with van der Waals surface area (Å²) in [6, 6.07) is 4.11. The Bertz CT molecular complexity index is 464. The first-order valence-electron chi connectivity index (χ1n) is 6.23. The number of carboxylic acids is 1. The number of aliphatic carboxylic acids is 1. The molecule has 6 heteroatoms. The fourth-order valence-corrected chi connectivity index (χ4v) is 1.73. The van der Waals surface area contributed by atoms with Crippen LogP contribution in [0.25, 0.3) is 0 Å². The Morgan fingerprint density at radius 1 is 0.950 bits per heavy atom. The zero-order valence-corrected chi connectivity index (χ0v) is 10.7. The number of ketones is 1. The van der Waals surface area contributed by atoms with E-state index in [1.54, 1.807) is 0 Å². The fourth-order valence-electron chi connectivity index (χ4n) is 1.73. The molecule has 0 aromatic heterocycles. The lowest BCUT2D eigenvalue weighted by atomic mass is 10.0. The van der Waals surface area contributed by atoms with E-state index >= 15 is 0 Å². The van der Waals surface area contributed by atoms with Crippen LogP contribution in [0, 0.1) is 0 Å². The van der Waals surface area contributed by atoms with E-state index < -0.39 is 17.7 Å². The van der Waals surface area contributed by atoms with Crippen molar-refractivity contribution in [1.29, 1.82) is 0 Å². The number of carbonyl (C=O) groups excluding carboxylic acids is 1. The van der Waals surface area contributed by atoms with E-state index in [1.807, 2.05) is 0 Å². The number of hydrogen-bond acceptors (Lipinski definition) is 2. The molecule has 0 aliphatic carbocycles.